The molecule has 0 amide bonds. The van der Waals surface area contributed by atoms with E-state index in [0.29, 0.717) is 16.7 Å². The largest absolute Gasteiger partial charge is 0.497 e. The van der Waals surface area contributed by atoms with Gasteiger partial charge in [0.25, 0.3) is 0 Å². The fraction of sp³-hybridized carbons (Fsp3) is 0.278. The van der Waals surface area contributed by atoms with Gasteiger partial charge in [0.2, 0.25) is 0 Å². The average molecular weight is 361 g/mol. The van der Waals surface area contributed by atoms with Gasteiger partial charge in [0.05, 0.1) is 7.11 Å². The molecule has 1 heterocycles. The van der Waals surface area contributed by atoms with Crippen LogP contribution in [-0.2, 0) is 9.59 Å². The number of methoxy groups -OCH3 is 1. The summed E-state index contributed by atoms with van der Waals surface area (Å²) >= 11 is 0. The number of ether oxygens (including phenoxy) is 1. The molecule has 8 heteroatoms. The lowest BCUT2D eigenvalue weighted by atomic mass is 10.1. The van der Waals surface area contributed by atoms with Gasteiger partial charge in [0, 0.05) is 23.7 Å². The van der Waals surface area contributed by atoms with Crippen molar-refractivity contribution in [3.8, 4) is 5.75 Å². The molecule has 0 aliphatic carbocycles. The third kappa shape index (κ3) is 3.53. The number of aliphatic carboxylic acids is 2. The maximum absolute atomic E-state index is 12.4. The Hall–Kier alpha value is -3.29. The number of benzene rings is 1. The number of hydrogen-bond acceptors (Lipinski definition) is 6. The molecular weight excluding hydrogens is 342 g/mol. The van der Waals surface area contributed by atoms with E-state index in [-0.39, 0.29) is 24.4 Å². The van der Waals surface area contributed by atoms with E-state index in [2.05, 4.69) is 0 Å². The molecule has 0 bridgehead atoms. The number of carboxylic acid groups (broad SMARTS) is 2. The summed E-state index contributed by atoms with van der Waals surface area (Å²) in [5, 5.41) is 19.1. The lowest BCUT2D eigenvalue weighted by Crippen LogP contribution is -2.31. The topological polar surface area (TPSA) is 117 Å². The third-order valence-corrected chi connectivity index (χ3v) is 3.91. The second kappa shape index (κ2) is 7.73. The first kappa shape index (κ1) is 19.0. The van der Waals surface area contributed by atoms with Gasteiger partial charge in [-0.1, -0.05) is 6.92 Å². The smallest absolute Gasteiger partial charge is 0.360 e. The first-order valence-corrected chi connectivity index (χ1v) is 7.93. The van der Waals surface area contributed by atoms with Crippen molar-refractivity contribution >= 4 is 28.6 Å². The van der Waals surface area contributed by atoms with Crippen molar-refractivity contribution < 1.29 is 29.0 Å². The maximum atomic E-state index is 12.4. The Morgan fingerprint density at radius 1 is 1.15 bits per heavy atom. The minimum absolute atomic E-state index is 0.0210. The zero-order valence-electron chi connectivity index (χ0n) is 14.6. The number of nitrogens with zero attached hydrogens (tertiary/aromatic N) is 1. The monoisotopic (exact) mass is 361 g/mol. The van der Waals surface area contributed by atoms with Crippen LogP contribution in [0.4, 0.5) is 5.69 Å². The van der Waals surface area contributed by atoms with Crippen molar-refractivity contribution in [1.82, 2.24) is 0 Å². The molecule has 2 aromatic rings. The van der Waals surface area contributed by atoms with Crippen molar-refractivity contribution in [1.29, 1.82) is 0 Å². The van der Waals surface area contributed by atoms with Crippen LogP contribution >= 0.6 is 0 Å². The highest BCUT2D eigenvalue weighted by Crippen LogP contribution is 2.26. The summed E-state index contributed by atoms with van der Waals surface area (Å²) in [6.07, 6.45) is 0.113. The molecule has 0 atom stereocenters. The summed E-state index contributed by atoms with van der Waals surface area (Å²) in [5.41, 5.74) is -1.07. The summed E-state index contributed by atoms with van der Waals surface area (Å²) in [6, 6.07) is 6.49. The second-order valence-corrected chi connectivity index (χ2v) is 5.35. The van der Waals surface area contributed by atoms with Gasteiger partial charge in [0.15, 0.2) is 5.57 Å². The number of anilines is 1. The zero-order valence-corrected chi connectivity index (χ0v) is 14.6. The summed E-state index contributed by atoms with van der Waals surface area (Å²) in [7, 11) is 1.49. The average Bonchev–Trinajstić information content (AvgIpc) is 2.60. The van der Waals surface area contributed by atoms with Crippen LogP contribution in [0.15, 0.2) is 44.7 Å². The molecule has 0 unspecified atom stereocenters. The Morgan fingerprint density at radius 3 is 2.31 bits per heavy atom. The quantitative estimate of drug-likeness (QED) is 0.334. The van der Waals surface area contributed by atoms with Gasteiger partial charge in [-0.05, 0) is 31.5 Å². The summed E-state index contributed by atoms with van der Waals surface area (Å²) in [4.78, 5) is 36.6. The molecule has 8 nitrogen and oxygen atoms in total. The van der Waals surface area contributed by atoms with Crippen molar-refractivity contribution in [3.63, 3.8) is 0 Å². The first-order valence-electron chi connectivity index (χ1n) is 7.93. The van der Waals surface area contributed by atoms with E-state index >= 15 is 0 Å². The fourth-order valence-corrected chi connectivity index (χ4v) is 2.74. The van der Waals surface area contributed by atoms with Crippen LogP contribution in [0.1, 0.15) is 20.3 Å². The summed E-state index contributed by atoms with van der Waals surface area (Å²) in [6.45, 7) is 3.51. The molecule has 0 fully saturated rings. The predicted molar refractivity (Wildman–Crippen MR) is 94.6 cm³/mol. The molecule has 2 N–H and O–H groups in total. The molecule has 0 spiro atoms. The van der Waals surface area contributed by atoms with Crippen molar-refractivity contribution in [3.05, 3.63) is 46.0 Å². The van der Waals surface area contributed by atoms with Crippen LogP contribution in [0.5, 0.6) is 5.75 Å². The molecule has 1 aromatic carbocycles. The van der Waals surface area contributed by atoms with E-state index in [1.54, 1.807) is 38.1 Å². The van der Waals surface area contributed by atoms with Gasteiger partial charge in [-0.15, -0.1) is 0 Å². The van der Waals surface area contributed by atoms with Crippen LogP contribution in [-0.4, -0.2) is 35.8 Å². The highest BCUT2D eigenvalue weighted by atomic mass is 16.5. The molecule has 1 aromatic heterocycles. The SMILES string of the molecule is CCC(=C(C(=O)O)C(=O)O)N(CC)c1cc2ccc(OC)cc2oc1=O. The zero-order chi connectivity index (χ0) is 19.4. The third-order valence-electron chi connectivity index (χ3n) is 3.91. The van der Waals surface area contributed by atoms with E-state index < -0.39 is 23.1 Å². The fourth-order valence-electron chi connectivity index (χ4n) is 2.74. The first-order chi connectivity index (χ1) is 12.3. The Balaban J connectivity index is 2.71. The van der Waals surface area contributed by atoms with E-state index in [0.717, 1.165) is 0 Å². The van der Waals surface area contributed by atoms with Gasteiger partial charge in [-0.25, -0.2) is 14.4 Å². The molecule has 26 heavy (non-hydrogen) atoms. The number of allylic oxidation sites excluding steroid dienone is 1. The Bertz CT molecular complexity index is 926. The molecule has 0 radical (unpaired) electrons. The van der Waals surface area contributed by atoms with Gasteiger partial charge >= 0.3 is 17.6 Å². The number of hydrogen-bond donors (Lipinski definition) is 2. The molecule has 2 rings (SSSR count). The highest BCUT2D eigenvalue weighted by molar-refractivity contribution is 6.13. The van der Waals surface area contributed by atoms with Gasteiger partial charge < -0.3 is 24.3 Å². The van der Waals surface area contributed by atoms with Gasteiger partial charge in [0.1, 0.15) is 17.0 Å². The number of carboxylic acids is 2. The van der Waals surface area contributed by atoms with E-state index in [9.17, 15) is 24.6 Å². The van der Waals surface area contributed by atoms with E-state index in [1.807, 2.05) is 0 Å². The minimum atomic E-state index is -1.57. The molecule has 0 saturated carbocycles. The Morgan fingerprint density at radius 2 is 1.81 bits per heavy atom. The van der Waals surface area contributed by atoms with Crippen LogP contribution < -0.4 is 15.3 Å². The predicted octanol–water partition coefficient (Wildman–Crippen LogP) is 2.46. The summed E-state index contributed by atoms with van der Waals surface area (Å²) < 4.78 is 10.4. The van der Waals surface area contributed by atoms with Gasteiger partial charge in [-0.3, -0.25) is 0 Å². The van der Waals surface area contributed by atoms with Crippen molar-refractivity contribution in [2.24, 2.45) is 0 Å². The maximum Gasteiger partial charge on any atom is 0.360 e. The summed E-state index contributed by atoms with van der Waals surface area (Å²) in [5.74, 6) is -2.61. The Labute approximate surface area is 148 Å². The normalized spacial score (nSPS) is 10.4. The van der Waals surface area contributed by atoms with Crippen molar-refractivity contribution in [2.75, 3.05) is 18.6 Å². The van der Waals surface area contributed by atoms with Gasteiger partial charge in [-0.2, -0.15) is 0 Å². The molecular formula is C18H19NO7. The minimum Gasteiger partial charge on any atom is -0.497 e. The van der Waals surface area contributed by atoms with Crippen molar-refractivity contribution in [2.45, 2.75) is 20.3 Å². The Kier molecular flexibility index (Phi) is 5.66. The second-order valence-electron chi connectivity index (χ2n) is 5.35. The number of carbonyl (C=O) groups is 2. The molecule has 0 aliphatic rings. The molecule has 0 saturated heterocycles. The van der Waals surface area contributed by atoms with Crippen LogP contribution in [0.25, 0.3) is 11.0 Å². The van der Waals surface area contributed by atoms with Crippen LogP contribution in [0.3, 0.4) is 0 Å². The number of rotatable bonds is 7. The van der Waals surface area contributed by atoms with Crippen LogP contribution in [0, 0.1) is 0 Å². The lowest BCUT2D eigenvalue weighted by Gasteiger charge is -2.25. The van der Waals surface area contributed by atoms with E-state index in [4.69, 9.17) is 9.15 Å². The van der Waals surface area contributed by atoms with E-state index in [1.165, 1.54) is 12.0 Å². The molecule has 138 valence electrons. The lowest BCUT2D eigenvalue weighted by molar-refractivity contribution is -0.140. The molecule has 0 aliphatic heterocycles. The standard InChI is InChI=1S/C18H19NO7/c1-4-12(15(16(20)21)17(22)23)19(5-2)13-8-10-6-7-11(25-3)9-14(10)26-18(13)24/h6-9H,4-5H2,1-3H3,(H,20,21)(H,22,23). The highest BCUT2D eigenvalue weighted by Gasteiger charge is 2.26. The van der Waals surface area contributed by atoms with Crippen LogP contribution in [0.2, 0.25) is 0 Å². The number of fused-ring (bicyclic) bond motifs is 1.